The highest BCUT2D eigenvalue weighted by Gasteiger charge is 2.26. The maximum atomic E-state index is 11.7. The Morgan fingerprint density at radius 3 is 0.955 bits per heavy atom. The number of aliphatic imine (C=N–C) groups is 2. The van der Waals surface area contributed by atoms with E-state index in [4.69, 9.17) is 19.5 Å². The summed E-state index contributed by atoms with van der Waals surface area (Å²) in [4.78, 5) is 10.2. The second-order valence-corrected chi connectivity index (χ2v) is 23.3. The van der Waals surface area contributed by atoms with E-state index in [1.165, 1.54) is 103 Å². The topological polar surface area (TPSA) is 83.6 Å². The Labute approximate surface area is 404 Å². The van der Waals surface area contributed by atoms with Gasteiger partial charge in [-0.2, -0.15) is 0 Å². The molecular formula is C60H96N2O4. The van der Waals surface area contributed by atoms with Gasteiger partial charge >= 0.3 is 0 Å². The highest BCUT2D eigenvalue weighted by Crippen LogP contribution is 2.43. The van der Waals surface area contributed by atoms with Crippen LogP contribution in [0.5, 0.6) is 23.0 Å². The molecule has 0 radical (unpaired) electrons. The molecule has 66 heavy (non-hydrogen) atoms. The largest absolute Gasteiger partial charge is 0.507 e. The molecule has 0 unspecified atom stereocenters. The third-order valence-corrected chi connectivity index (χ3v) is 12.9. The van der Waals surface area contributed by atoms with E-state index >= 15 is 0 Å². The molecule has 3 aromatic rings. The van der Waals surface area contributed by atoms with Gasteiger partial charge in [0.1, 0.15) is 11.5 Å². The lowest BCUT2D eigenvalue weighted by atomic mass is 9.79. The maximum Gasteiger partial charge on any atom is 0.163 e. The van der Waals surface area contributed by atoms with Crippen LogP contribution in [0.2, 0.25) is 0 Å². The lowest BCUT2D eigenvalue weighted by molar-refractivity contribution is 0.258. The van der Waals surface area contributed by atoms with Crippen molar-refractivity contribution in [2.45, 2.75) is 247 Å². The molecule has 0 spiro atoms. The van der Waals surface area contributed by atoms with Gasteiger partial charge in [0.15, 0.2) is 11.5 Å². The fourth-order valence-electron chi connectivity index (χ4n) is 8.31. The van der Waals surface area contributed by atoms with Crippen LogP contribution in [0.1, 0.15) is 259 Å². The summed E-state index contributed by atoms with van der Waals surface area (Å²) < 4.78 is 13.2. The van der Waals surface area contributed by atoms with Crippen molar-refractivity contribution in [3.63, 3.8) is 0 Å². The molecule has 0 atom stereocenters. The minimum Gasteiger partial charge on any atom is -0.507 e. The Hall–Kier alpha value is -3.80. The second-order valence-electron chi connectivity index (χ2n) is 23.3. The summed E-state index contributed by atoms with van der Waals surface area (Å²) in [6, 6.07) is 12.3. The molecule has 6 heteroatoms. The zero-order valence-corrected chi connectivity index (χ0v) is 44.8. The Kier molecular flexibility index (Phi) is 23.3. The van der Waals surface area contributed by atoms with Crippen molar-refractivity contribution < 1.29 is 19.7 Å². The van der Waals surface area contributed by atoms with Crippen LogP contribution in [0, 0.1) is 0 Å². The van der Waals surface area contributed by atoms with E-state index in [2.05, 4.69) is 109 Å². The van der Waals surface area contributed by atoms with Gasteiger partial charge in [-0.1, -0.05) is 225 Å². The number of hydrogen-bond donors (Lipinski definition) is 2. The molecular weight excluding hydrogens is 813 g/mol. The maximum absolute atomic E-state index is 11.7. The Bertz CT molecular complexity index is 1810. The molecule has 6 nitrogen and oxygen atoms in total. The van der Waals surface area contributed by atoms with Gasteiger partial charge in [0.2, 0.25) is 0 Å². The molecule has 3 rings (SSSR count). The zero-order valence-electron chi connectivity index (χ0n) is 44.8. The summed E-state index contributed by atoms with van der Waals surface area (Å²) in [5, 5.41) is 23.5. The Balaban J connectivity index is 2.08. The number of aromatic hydroxyl groups is 2. The first kappa shape index (κ1) is 56.5. The SMILES string of the molecule is CCCCCCCCCCCCOc1cc(N=Cc2cc(C(C)(C)C)cc(C(C)(C)C)c2O)c(N=Cc2cc(C(C)(C)C)cc(C(C)(C)C)c2O)cc1OCCCCCCCCCCCC. The summed E-state index contributed by atoms with van der Waals surface area (Å²) in [6.45, 7) is 31.7. The molecule has 0 aliphatic heterocycles. The van der Waals surface area contributed by atoms with Crippen LogP contribution in [-0.2, 0) is 21.7 Å². The van der Waals surface area contributed by atoms with E-state index in [9.17, 15) is 10.2 Å². The molecule has 0 aliphatic carbocycles. The van der Waals surface area contributed by atoms with E-state index in [-0.39, 0.29) is 33.2 Å². The zero-order chi connectivity index (χ0) is 49.0. The van der Waals surface area contributed by atoms with Gasteiger partial charge in [0, 0.05) is 46.8 Å². The molecule has 0 aromatic heterocycles. The molecule has 0 heterocycles. The average Bonchev–Trinajstić information content (AvgIpc) is 3.22. The van der Waals surface area contributed by atoms with Crippen molar-refractivity contribution in [3.05, 3.63) is 69.8 Å². The van der Waals surface area contributed by atoms with Gasteiger partial charge < -0.3 is 19.7 Å². The second kappa shape index (κ2) is 27.3. The predicted molar refractivity (Wildman–Crippen MR) is 287 cm³/mol. The van der Waals surface area contributed by atoms with Crippen LogP contribution >= 0.6 is 0 Å². The normalized spacial score (nSPS) is 12.8. The lowest BCUT2D eigenvalue weighted by Crippen LogP contribution is -2.17. The molecule has 370 valence electrons. The molecule has 0 aliphatic rings. The average molecular weight is 909 g/mol. The highest BCUT2D eigenvalue weighted by molar-refractivity contribution is 5.91. The summed E-state index contributed by atoms with van der Waals surface area (Å²) in [6.07, 6.45) is 28.7. The van der Waals surface area contributed by atoms with Crippen LogP contribution in [0.25, 0.3) is 0 Å². The first-order valence-electron chi connectivity index (χ1n) is 26.4. The van der Waals surface area contributed by atoms with Crippen LogP contribution in [-0.4, -0.2) is 35.9 Å². The minimum absolute atomic E-state index is 0.135. The monoisotopic (exact) mass is 909 g/mol. The molecule has 3 aromatic carbocycles. The van der Waals surface area contributed by atoms with E-state index in [0.717, 1.165) is 47.9 Å². The number of ether oxygens (including phenoxy) is 2. The summed E-state index contributed by atoms with van der Waals surface area (Å²) in [7, 11) is 0. The first-order chi connectivity index (χ1) is 31.1. The molecule has 0 saturated heterocycles. The standard InChI is InChI=1S/C60H96N2O4/c1-15-17-19-21-23-25-27-29-31-33-35-65-53-41-51(61-43-45-37-47(57(3,4)5)39-49(55(45)63)59(9,10)11)52(42-54(53)66-36-34-32-30-28-26-24-22-20-18-16-2)62-44-46-38-48(58(6,7)8)40-50(56(46)64)60(12,13)14/h37-44,63-64H,15-36H2,1-14H3. The van der Waals surface area contributed by atoms with Gasteiger partial charge in [-0.25, -0.2) is 0 Å². The van der Waals surface area contributed by atoms with E-state index < -0.39 is 0 Å². The van der Waals surface area contributed by atoms with E-state index in [0.29, 0.717) is 47.2 Å². The molecule has 0 bridgehead atoms. The number of hydrogen-bond acceptors (Lipinski definition) is 6. The number of phenols is 2. The summed E-state index contributed by atoms with van der Waals surface area (Å²) >= 11 is 0. The predicted octanol–water partition coefficient (Wildman–Crippen LogP) is 18.4. The molecule has 0 saturated carbocycles. The third kappa shape index (κ3) is 19.4. The van der Waals surface area contributed by atoms with Gasteiger partial charge in [0.05, 0.1) is 24.6 Å². The summed E-state index contributed by atoms with van der Waals surface area (Å²) in [5.41, 5.74) is 5.70. The van der Waals surface area contributed by atoms with Crippen LogP contribution < -0.4 is 9.47 Å². The van der Waals surface area contributed by atoms with Crippen LogP contribution in [0.4, 0.5) is 11.4 Å². The number of unbranched alkanes of at least 4 members (excludes halogenated alkanes) is 18. The van der Waals surface area contributed by atoms with Crippen LogP contribution in [0.3, 0.4) is 0 Å². The van der Waals surface area contributed by atoms with Crippen molar-refractivity contribution >= 4 is 23.8 Å². The van der Waals surface area contributed by atoms with E-state index in [1.807, 2.05) is 24.3 Å². The van der Waals surface area contributed by atoms with Crippen molar-refractivity contribution in [1.29, 1.82) is 0 Å². The molecule has 0 fully saturated rings. The van der Waals surface area contributed by atoms with Gasteiger partial charge in [-0.15, -0.1) is 0 Å². The van der Waals surface area contributed by atoms with Crippen molar-refractivity contribution in [2.75, 3.05) is 13.2 Å². The smallest absolute Gasteiger partial charge is 0.163 e. The molecule has 0 amide bonds. The van der Waals surface area contributed by atoms with E-state index in [1.54, 1.807) is 12.4 Å². The van der Waals surface area contributed by atoms with Gasteiger partial charge in [-0.3, -0.25) is 9.98 Å². The van der Waals surface area contributed by atoms with Crippen molar-refractivity contribution in [2.24, 2.45) is 9.98 Å². The van der Waals surface area contributed by atoms with Crippen LogP contribution in [0.15, 0.2) is 46.4 Å². The van der Waals surface area contributed by atoms with Gasteiger partial charge in [0.25, 0.3) is 0 Å². The van der Waals surface area contributed by atoms with Gasteiger partial charge in [-0.05, 0) is 57.8 Å². The summed E-state index contributed by atoms with van der Waals surface area (Å²) in [5.74, 6) is 1.77. The lowest BCUT2D eigenvalue weighted by Gasteiger charge is -2.27. The highest BCUT2D eigenvalue weighted by atomic mass is 16.5. The minimum atomic E-state index is -0.276. The fraction of sp³-hybridized carbons (Fsp3) is 0.667. The quantitative estimate of drug-likeness (QED) is 0.0562. The first-order valence-corrected chi connectivity index (χ1v) is 26.4. The number of benzene rings is 3. The number of rotatable bonds is 28. The van der Waals surface area contributed by atoms with Crippen molar-refractivity contribution in [1.82, 2.24) is 0 Å². The Morgan fingerprint density at radius 1 is 0.394 bits per heavy atom. The third-order valence-electron chi connectivity index (χ3n) is 12.9. The Morgan fingerprint density at radius 2 is 0.682 bits per heavy atom. The van der Waals surface area contributed by atoms with Crippen molar-refractivity contribution in [3.8, 4) is 23.0 Å². The number of nitrogens with zero attached hydrogens (tertiary/aromatic N) is 2. The fourth-order valence-corrected chi connectivity index (χ4v) is 8.31. The number of phenolic OH excluding ortho intramolecular Hbond substituents is 2. The molecule has 2 N–H and O–H groups in total.